The molecule has 1 aromatic heterocycles. The SMILES string of the molecule is CC(C)=C(C(=O)N(c1ccccn1)C1CCCCC1)c1ccc(O)c(O)c1. The Morgan fingerprint density at radius 1 is 1.04 bits per heavy atom. The molecule has 1 fully saturated rings. The van der Waals surface area contributed by atoms with Gasteiger partial charge in [-0.1, -0.05) is 37.0 Å². The number of pyridine rings is 1. The molecule has 1 aromatic carbocycles. The van der Waals surface area contributed by atoms with Crippen molar-refractivity contribution in [3.63, 3.8) is 0 Å². The van der Waals surface area contributed by atoms with Gasteiger partial charge < -0.3 is 10.2 Å². The van der Waals surface area contributed by atoms with E-state index in [0.717, 1.165) is 31.3 Å². The Kier molecular flexibility index (Phi) is 5.79. The largest absolute Gasteiger partial charge is 0.504 e. The number of allylic oxidation sites excluding steroid dienone is 1. The van der Waals surface area contributed by atoms with Crippen molar-refractivity contribution in [1.82, 2.24) is 4.98 Å². The van der Waals surface area contributed by atoms with Crippen LogP contribution in [0.15, 0.2) is 48.2 Å². The lowest BCUT2D eigenvalue weighted by Crippen LogP contribution is -2.42. The van der Waals surface area contributed by atoms with Gasteiger partial charge in [-0.25, -0.2) is 4.98 Å². The van der Waals surface area contributed by atoms with E-state index in [2.05, 4.69) is 4.98 Å². The molecule has 5 nitrogen and oxygen atoms in total. The number of phenols is 2. The molecule has 1 amide bonds. The number of nitrogens with zero attached hydrogens (tertiary/aromatic N) is 2. The average molecular weight is 366 g/mol. The summed E-state index contributed by atoms with van der Waals surface area (Å²) in [6.07, 6.45) is 7.02. The van der Waals surface area contributed by atoms with E-state index in [0.29, 0.717) is 17.0 Å². The maximum absolute atomic E-state index is 13.7. The van der Waals surface area contributed by atoms with Crippen molar-refractivity contribution in [3.8, 4) is 11.5 Å². The summed E-state index contributed by atoms with van der Waals surface area (Å²) in [4.78, 5) is 19.9. The fourth-order valence-electron chi connectivity index (χ4n) is 3.72. The standard InChI is InChI=1S/C22H26N2O3/c1-15(2)21(16-11-12-18(25)19(26)14-16)22(27)24(17-8-4-3-5-9-17)20-10-6-7-13-23-20/h6-7,10-14,17,25-26H,3-5,8-9H2,1-2H3. The van der Waals surface area contributed by atoms with Gasteiger partial charge in [0, 0.05) is 17.8 Å². The van der Waals surface area contributed by atoms with Gasteiger partial charge in [0.05, 0.1) is 0 Å². The van der Waals surface area contributed by atoms with E-state index < -0.39 is 0 Å². The van der Waals surface area contributed by atoms with Crippen LogP contribution >= 0.6 is 0 Å². The van der Waals surface area contributed by atoms with E-state index >= 15 is 0 Å². The zero-order chi connectivity index (χ0) is 19.4. The minimum absolute atomic E-state index is 0.112. The molecule has 0 radical (unpaired) electrons. The van der Waals surface area contributed by atoms with Crippen LogP contribution in [0.4, 0.5) is 5.82 Å². The third-order valence-corrected chi connectivity index (χ3v) is 5.03. The van der Waals surface area contributed by atoms with Crippen LogP contribution in [0.5, 0.6) is 11.5 Å². The van der Waals surface area contributed by atoms with Crippen LogP contribution in [0.3, 0.4) is 0 Å². The van der Waals surface area contributed by atoms with E-state index in [1.165, 1.54) is 18.6 Å². The fraction of sp³-hybridized carbons (Fsp3) is 0.364. The predicted octanol–water partition coefficient (Wildman–Crippen LogP) is 4.65. The minimum Gasteiger partial charge on any atom is -0.504 e. The van der Waals surface area contributed by atoms with Crippen molar-refractivity contribution in [2.75, 3.05) is 4.90 Å². The Morgan fingerprint density at radius 3 is 2.37 bits per heavy atom. The molecule has 0 bridgehead atoms. The lowest BCUT2D eigenvalue weighted by Gasteiger charge is -2.34. The second-order valence-electron chi connectivity index (χ2n) is 7.23. The number of amides is 1. The summed E-state index contributed by atoms with van der Waals surface area (Å²) < 4.78 is 0. The number of aromatic hydroxyl groups is 2. The second-order valence-corrected chi connectivity index (χ2v) is 7.23. The van der Waals surface area contributed by atoms with Gasteiger partial charge in [0.25, 0.3) is 5.91 Å². The zero-order valence-corrected chi connectivity index (χ0v) is 15.9. The molecule has 142 valence electrons. The molecule has 0 saturated heterocycles. The molecule has 2 N–H and O–H groups in total. The topological polar surface area (TPSA) is 73.7 Å². The Labute approximate surface area is 160 Å². The Morgan fingerprint density at radius 2 is 1.78 bits per heavy atom. The van der Waals surface area contributed by atoms with Crippen LogP contribution in [-0.4, -0.2) is 27.1 Å². The zero-order valence-electron chi connectivity index (χ0n) is 15.9. The van der Waals surface area contributed by atoms with Crippen LogP contribution in [0.25, 0.3) is 5.57 Å². The summed E-state index contributed by atoms with van der Waals surface area (Å²) in [5.41, 5.74) is 1.97. The first-order valence-corrected chi connectivity index (χ1v) is 9.43. The Bertz CT molecular complexity index is 836. The van der Waals surface area contributed by atoms with Gasteiger partial charge in [-0.05, 0) is 56.5 Å². The van der Waals surface area contributed by atoms with Gasteiger partial charge >= 0.3 is 0 Å². The van der Waals surface area contributed by atoms with Crippen molar-refractivity contribution in [2.45, 2.75) is 52.0 Å². The quantitative estimate of drug-likeness (QED) is 0.610. The number of aromatic nitrogens is 1. The lowest BCUT2D eigenvalue weighted by molar-refractivity contribution is -0.114. The number of carbonyl (C=O) groups is 1. The summed E-state index contributed by atoms with van der Waals surface area (Å²) in [6, 6.07) is 10.2. The maximum atomic E-state index is 13.7. The second kappa shape index (κ2) is 8.25. The molecular formula is C22H26N2O3. The van der Waals surface area contributed by atoms with Gasteiger partial charge in [0.15, 0.2) is 11.5 Å². The number of anilines is 1. The molecule has 1 aliphatic carbocycles. The smallest absolute Gasteiger partial charge is 0.260 e. The lowest BCUT2D eigenvalue weighted by atomic mass is 9.92. The molecule has 3 rings (SSSR count). The normalized spacial score (nSPS) is 14.6. The first-order chi connectivity index (χ1) is 13.0. The van der Waals surface area contributed by atoms with E-state index in [9.17, 15) is 15.0 Å². The number of phenolic OH excluding ortho intramolecular Hbond substituents is 2. The molecule has 1 aliphatic rings. The summed E-state index contributed by atoms with van der Waals surface area (Å²) in [6.45, 7) is 3.77. The minimum atomic E-state index is -0.235. The van der Waals surface area contributed by atoms with Gasteiger partial charge in [0.2, 0.25) is 0 Å². The molecule has 2 aromatic rings. The fourth-order valence-corrected chi connectivity index (χ4v) is 3.72. The molecule has 0 unspecified atom stereocenters. The van der Waals surface area contributed by atoms with Gasteiger partial charge in [0.1, 0.15) is 5.82 Å². The number of benzene rings is 1. The Hall–Kier alpha value is -2.82. The predicted molar refractivity (Wildman–Crippen MR) is 107 cm³/mol. The number of carbonyl (C=O) groups excluding carboxylic acids is 1. The number of hydrogen-bond acceptors (Lipinski definition) is 4. The molecule has 0 spiro atoms. The molecule has 5 heteroatoms. The summed E-state index contributed by atoms with van der Waals surface area (Å²) in [5.74, 6) is 0.0936. The molecule has 1 heterocycles. The summed E-state index contributed by atoms with van der Waals surface area (Å²) >= 11 is 0. The highest BCUT2D eigenvalue weighted by atomic mass is 16.3. The van der Waals surface area contributed by atoms with Crippen molar-refractivity contribution < 1.29 is 15.0 Å². The molecule has 0 atom stereocenters. The van der Waals surface area contributed by atoms with Crippen LogP contribution in [-0.2, 0) is 4.79 Å². The van der Waals surface area contributed by atoms with Crippen molar-refractivity contribution in [3.05, 3.63) is 53.7 Å². The van der Waals surface area contributed by atoms with E-state index in [1.54, 1.807) is 12.3 Å². The highest BCUT2D eigenvalue weighted by molar-refractivity contribution is 6.27. The first-order valence-electron chi connectivity index (χ1n) is 9.43. The van der Waals surface area contributed by atoms with Crippen molar-refractivity contribution >= 4 is 17.3 Å². The highest BCUT2D eigenvalue weighted by Gasteiger charge is 2.31. The number of rotatable bonds is 4. The van der Waals surface area contributed by atoms with E-state index in [-0.39, 0.29) is 23.4 Å². The molecule has 0 aliphatic heterocycles. The van der Waals surface area contributed by atoms with Crippen molar-refractivity contribution in [2.24, 2.45) is 0 Å². The van der Waals surface area contributed by atoms with Crippen LogP contribution in [0.1, 0.15) is 51.5 Å². The van der Waals surface area contributed by atoms with Crippen molar-refractivity contribution in [1.29, 1.82) is 0 Å². The monoisotopic (exact) mass is 366 g/mol. The average Bonchev–Trinajstić information content (AvgIpc) is 2.66. The van der Waals surface area contributed by atoms with Gasteiger partial charge in [-0.3, -0.25) is 9.69 Å². The number of hydrogen-bond donors (Lipinski definition) is 2. The molecular weight excluding hydrogens is 340 g/mol. The third-order valence-electron chi connectivity index (χ3n) is 5.03. The third kappa shape index (κ3) is 4.13. The van der Waals surface area contributed by atoms with Gasteiger partial charge in [-0.2, -0.15) is 0 Å². The molecule has 1 saturated carbocycles. The van der Waals surface area contributed by atoms with Crippen LogP contribution < -0.4 is 4.90 Å². The summed E-state index contributed by atoms with van der Waals surface area (Å²) in [5, 5.41) is 19.5. The van der Waals surface area contributed by atoms with E-state index in [4.69, 9.17) is 0 Å². The van der Waals surface area contributed by atoms with Crippen LogP contribution in [0, 0.1) is 0 Å². The summed E-state index contributed by atoms with van der Waals surface area (Å²) in [7, 11) is 0. The molecule has 27 heavy (non-hydrogen) atoms. The van der Waals surface area contributed by atoms with Gasteiger partial charge in [-0.15, -0.1) is 0 Å². The Balaban J connectivity index is 2.05. The van der Waals surface area contributed by atoms with E-state index in [1.807, 2.05) is 36.9 Å². The first kappa shape index (κ1) is 19.0. The maximum Gasteiger partial charge on any atom is 0.260 e. The highest BCUT2D eigenvalue weighted by Crippen LogP contribution is 2.34. The van der Waals surface area contributed by atoms with Crippen LogP contribution in [0.2, 0.25) is 0 Å².